The summed E-state index contributed by atoms with van der Waals surface area (Å²) in [7, 11) is -3.58. The van der Waals surface area contributed by atoms with Crippen molar-refractivity contribution in [3.63, 3.8) is 0 Å². The van der Waals surface area contributed by atoms with Crippen molar-refractivity contribution in [2.24, 2.45) is 17.3 Å². The van der Waals surface area contributed by atoms with Gasteiger partial charge in [-0.3, -0.25) is 19.2 Å². The molecule has 12 nitrogen and oxygen atoms in total. The maximum atomic E-state index is 14.9. The van der Waals surface area contributed by atoms with E-state index in [1.54, 1.807) is 18.7 Å². The predicted octanol–water partition coefficient (Wildman–Crippen LogP) is 4.55. The minimum absolute atomic E-state index is 0.0113. The Morgan fingerprint density at radius 2 is 1.57 bits per heavy atom. The van der Waals surface area contributed by atoms with Crippen LogP contribution in [0.25, 0.3) is 0 Å². The monoisotopic (exact) mass is 759 g/mol. The third kappa shape index (κ3) is 10.8. The molecule has 0 aromatic heterocycles. The van der Waals surface area contributed by atoms with E-state index in [2.05, 4.69) is 27.2 Å². The highest BCUT2D eigenvalue weighted by Crippen LogP contribution is 2.40. The molecule has 298 valence electrons. The number of rotatable bonds is 15. The van der Waals surface area contributed by atoms with Gasteiger partial charge in [0.05, 0.1) is 22.1 Å². The topological polar surface area (TPSA) is 171 Å². The molecule has 4 fully saturated rings. The second-order valence-electron chi connectivity index (χ2n) is 17.7. The molecule has 2 unspecified atom stereocenters. The van der Waals surface area contributed by atoms with E-state index in [0.29, 0.717) is 25.7 Å². The molecular formula is C40H65N5O7S. The van der Waals surface area contributed by atoms with Crippen LogP contribution in [-0.4, -0.2) is 89.6 Å². The number of ketones is 1. The molecule has 1 saturated heterocycles. The van der Waals surface area contributed by atoms with Crippen LogP contribution in [0, 0.1) is 29.6 Å². The lowest BCUT2D eigenvalue weighted by Gasteiger charge is -2.48. The summed E-state index contributed by atoms with van der Waals surface area (Å²) in [6.07, 6.45) is 16.0. The first kappa shape index (κ1) is 42.6. The molecule has 4 aliphatic rings. The van der Waals surface area contributed by atoms with Gasteiger partial charge in [0.1, 0.15) is 12.1 Å². The Labute approximate surface area is 317 Å². The van der Waals surface area contributed by atoms with Crippen molar-refractivity contribution in [2.45, 2.75) is 179 Å². The Morgan fingerprint density at radius 1 is 0.943 bits per heavy atom. The smallest absolute Gasteiger partial charge is 0.315 e. The summed E-state index contributed by atoms with van der Waals surface area (Å²) >= 11 is 0. The summed E-state index contributed by atoms with van der Waals surface area (Å²) in [5.41, 5.74) is -1.29. The van der Waals surface area contributed by atoms with Gasteiger partial charge in [-0.1, -0.05) is 66.2 Å². The van der Waals surface area contributed by atoms with Crippen LogP contribution >= 0.6 is 0 Å². The van der Waals surface area contributed by atoms with Gasteiger partial charge in [-0.2, -0.15) is 0 Å². The minimum Gasteiger partial charge on any atom is -0.347 e. The first-order valence-corrected chi connectivity index (χ1v) is 21.7. The maximum absolute atomic E-state index is 14.9. The van der Waals surface area contributed by atoms with Gasteiger partial charge in [0.15, 0.2) is 9.84 Å². The molecule has 5 amide bonds. The van der Waals surface area contributed by atoms with Crippen LogP contribution < -0.4 is 21.3 Å². The fourth-order valence-corrected chi connectivity index (χ4v) is 10.0. The number of hydrogen-bond donors (Lipinski definition) is 4. The SMILES string of the molecule is C#CCCC(NC(=O)[C@@H]1CC(C)(C)C(C)CN1C(=O)[C@@H](NC(=O)NC1(CS(=O)(=O)C(C)(C)CC)CCCCC1)C1CCCCC1)C(=O)C(=O)NC1CC1. The van der Waals surface area contributed by atoms with Gasteiger partial charge in [-0.15, -0.1) is 12.3 Å². The van der Waals surface area contributed by atoms with Gasteiger partial charge in [0.2, 0.25) is 17.6 Å². The Hall–Kier alpha value is -3.14. The van der Waals surface area contributed by atoms with Crippen molar-refractivity contribution < 1.29 is 32.4 Å². The lowest BCUT2D eigenvalue weighted by atomic mass is 9.71. The van der Waals surface area contributed by atoms with E-state index in [-0.39, 0.29) is 54.3 Å². The zero-order valence-electron chi connectivity index (χ0n) is 33.0. The van der Waals surface area contributed by atoms with Gasteiger partial charge >= 0.3 is 6.03 Å². The van der Waals surface area contributed by atoms with Gasteiger partial charge in [0, 0.05) is 19.0 Å². The van der Waals surface area contributed by atoms with Crippen LogP contribution in [0.2, 0.25) is 0 Å². The maximum Gasteiger partial charge on any atom is 0.315 e. The second kappa shape index (κ2) is 17.5. The number of nitrogens with zero attached hydrogens (tertiary/aromatic N) is 1. The summed E-state index contributed by atoms with van der Waals surface area (Å²) < 4.78 is 26.3. The number of sulfone groups is 1. The van der Waals surface area contributed by atoms with Crippen LogP contribution in [0.5, 0.6) is 0 Å². The Morgan fingerprint density at radius 3 is 2.15 bits per heavy atom. The van der Waals surface area contributed by atoms with Crippen molar-refractivity contribution in [3.8, 4) is 12.3 Å². The number of carbonyl (C=O) groups is 5. The van der Waals surface area contributed by atoms with Gasteiger partial charge in [-0.05, 0) is 88.9 Å². The van der Waals surface area contributed by atoms with Crippen molar-refractivity contribution in [3.05, 3.63) is 0 Å². The third-order valence-corrected chi connectivity index (χ3v) is 15.8. The highest BCUT2D eigenvalue weighted by molar-refractivity contribution is 7.92. The van der Waals surface area contributed by atoms with Crippen LogP contribution in [0.3, 0.4) is 0 Å². The number of nitrogens with one attached hydrogen (secondary N) is 4. The third-order valence-electron chi connectivity index (χ3n) is 12.9. The summed E-state index contributed by atoms with van der Waals surface area (Å²) in [6, 6.07) is -3.65. The summed E-state index contributed by atoms with van der Waals surface area (Å²) in [5, 5.41) is 11.6. The standard InChI is InChI=1S/C40H65N5O7S/c1-8-10-19-30(33(46)35(48)41-29-20-21-29)42-34(47)31-24-38(4,5)27(3)25-45(31)36(49)32(28-17-13-11-14-18-28)43-37(50)44-40(22-15-12-16-23-40)26-53(51,52)39(6,7)9-2/h1,27-32H,9-26H2,2-7H3,(H,41,48)(H,42,47)(H2,43,44,50)/t27?,30?,31-,32-/m0/s1. The molecule has 3 saturated carbocycles. The van der Waals surface area contributed by atoms with Gasteiger partial charge < -0.3 is 26.2 Å². The highest BCUT2D eigenvalue weighted by Gasteiger charge is 2.48. The van der Waals surface area contributed by atoms with E-state index in [1.807, 2.05) is 27.7 Å². The van der Waals surface area contributed by atoms with E-state index in [9.17, 15) is 32.4 Å². The molecule has 4 rings (SSSR count). The van der Waals surface area contributed by atoms with Crippen molar-refractivity contribution >= 4 is 39.4 Å². The number of terminal acetylenes is 1. The number of urea groups is 1. The first-order chi connectivity index (χ1) is 24.8. The number of piperidine rings is 1. The van der Waals surface area contributed by atoms with Crippen LogP contribution in [0.15, 0.2) is 0 Å². The fourth-order valence-electron chi connectivity index (χ4n) is 8.12. The molecule has 4 atom stereocenters. The van der Waals surface area contributed by atoms with Gasteiger partial charge in [-0.25, -0.2) is 13.2 Å². The molecule has 0 aromatic rings. The zero-order chi connectivity index (χ0) is 39.2. The van der Waals surface area contributed by atoms with Crippen molar-refractivity contribution in [1.29, 1.82) is 0 Å². The van der Waals surface area contributed by atoms with Crippen LogP contribution in [0.4, 0.5) is 4.79 Å². The van der Waals surface area contributed by atoms with E-state index in [0.717, 1.165) is 64.2 Å². The van der Waals surface area contributed by atoms with E-state index < -0.39 is 61.9 Å². The Kier molecular flexibility index (Phi) is 14.1. The normalized spacial score (nSPS) is 24.5. The molecule has 1 heterocycles. The lowest BCUT2D eigenvalue weighted by molar-refractivity contribution is -0.150. The predicted molar refractivity (Wildman–Crippen MR) is 205 cm³/mol. The number of amides is 5. The Balaban J connectivity index is 1.60. The molecule has 13 heteroatoms. The number of likely N-dealkylation sites (tertiary alicyclic amines) is 1. The molecule has 0 radical (unpaired) electrons. The second-order valence-corrected chi connectivity index (χ2v) is 20.3. The Bertz CT molecular complexity index is 1500. The van der Waals surface area contributed by atoms with E-state index in [4.69, 9.17) is 6.42 Å². The summed E-state index contributed by atoms with van der Waals surface area (Å²) in [6.45, 7) is 11.7. The first-order valence-electron chi connectivity index (χ1n) is 20.1. The number of Topliss-reactive ketones (excluding diaryl/α,β-unsaturated/α-hetero) is 1. The summed E-state index contributed by atoms with van der Waals surface area (Å²) in [5.74, 6) is -0.266. The lowest BCUT2D eigenvalue weighted by Crippen LogP contribution is -2.65. The molecule has 3 aliphatic carbocycles. The van der Waals surface area contributed by atoms with E-state index in [1.165, 1.54) is 0 Å². The average Bonchev–Trinajstić information content (AvgIpc) is 3.93. The molecule has 0 spiro atoms. The average molecular weight is 760 g/mol. The quantitative estimate of drug-likeness (QED) is 0.140. The molecular weight excluding hydrogens is 695 g/mol. The highest BCUT2D eigenvalue weighted by atomic mass is 32.2. The van der Waals surface area contributed by atoms with Crippen LogP contribution in [-0.2, 0) is 29.0 Å². The van der Waals surface area contributed by atoms with E-state index >= 15 is 0 Å². The summed E-state index contributed by atoms with van der Waals surface area (Å²) in [4.78, 5) is 70.7. The van der Waals surface area contributed by atoms with Crippen LogP contribution in [0.1, 0.15) is 144 Å². The zero-order valence-corrected chi connectivity index (χ0v) is 33.8. The van der Waals surface area contributed by atoms with Crippen molar-refractivity contribution in [1.82, 2.24) is 26.2 Å². The molecule has 0 aromatic carbocycles. The fraction of sp³-hybridized carbons (Fsp3) is 0.825. The molecule has 53 heavy (non-hydrogen) atoms. The van der Waals surface area contributed by atoms with Crippen molar-refractivity contribution in [2.75, 3.05) is 12.3 Å². The largest absolute Gasteiger partial charge is 0.347 e. The molecule has 4 N–H and O–H groups in total. The molecule has 1 aliphatic heterocycles. The van der Waals surface area contributed by atoms with Gasteiger partial charge in [0.25, 0.3) is 5.91 Å². The minimum atomic E-state index is -3.58. The number of hydrogen-bond acceptors (Lipinski definition) is 7. The molecule has 0 bridgehead atoms. The number of carbonyl (C=O) groups excluding carboxylic acids is 5.